The number of anilines is 1. The smallest absolute Gasteiger partial charge is 0.339 e. The molecule has 1 aromatic heterocycles. The molecule has 3 aromatic carbocycles. The van der Waals surface area contributed by atoms with Gasteiger partial charge in [-0.2, -0.15) is 4.31 Å². The molecule has 10 nitrogen and oxygen atoms in total. The van der Waals surface area contributed by atoms with Gasteiger partial charge >= 0.3 is 5.97 Å². The average Bonchev–Trinajstić information content (AvgIpc) is 3.07. The van der Waals surface area contributed by atoms with Gasteiger partial charge in [-0.05, 0) is 72.4 Å². The molecule has 2 aliphatic rings. The summed E-state index contributed by atoms with van der Waals surface area (Å²) in [4.78, 5) is 31.7. The van der Waals surface area contributed by atoms with E-state index < -0.39 is 28.5 Å². The van der Waals surface area contributed by atoms with Gasteiger partial charge in [0.1, 0.15) is 5.75 Å². The van der Waals surface area contributed by atoms with E-state index in [1.807, 2.05) is 54.6 Å². The summed E-state index contributed by atoms with van der Waals surface area (Å²) in [7, 11) is -2.41. The highest BCUT2D eigenvalue weighted by Crippen LogP contribution is 2.37. The molecular weight excluding hydrogens is 630 g/mol. The van der Waals surface area contributed by atoms with Crippen LogP contribution in [0.2, 0.25) is 5.02 Å². The van der Waals surface area contributed by atoms with E-state index in [0.29, 0.717) is 46.8 Å². The molecule has 1 amide bonds. The summed E-state index contributed by atoms with van der Waals surface area (Å²) in [6.45, 7) is 0.474. The molecule has 0 radical (unpaired) electrons. The van der Waals surface area contributed by atoms with Crippen LogP contribution in [0.3, 0.4) is 0 Å². The monoisotopic (exact) mass is 661 g/mol. The van der Waals surface area contributed by atoms with Crippen LogP contribution in [0.4, 0.5) is 5.69 Å². The second kappa shape index (κ2) is 13.6. The number of fused-ring (bicyclic) bond motifs is 2. The standard InChI is InChI=1S/C34H32ClN3O7S/c1-43-30-14-13-24(46(41,42)38-15-17-44-18-16-38)20-29(30)36-31(39)21-45-34(40)32-25-9-3-5-12-28(25)37-33-23(8-6-10-26(32)33)19-22-7-2-4-11-27(22)35/h2-5,7,9,11-14,19-20H,6,8,10,15-18,21H2,1H3,(H,36,39). The second-order valence-electron chi connectivity index (χ2n) is 10.9. The number of benzene rings is 3. The van der Waals surface area contributed by atoms with Crippen molar-refractivity contribution in [2.24, 2.45) is 0 Å². The van der Waals surface area contributed by atoms with Crippen molar-refractivity contribution in [1.82, 2.24) is 9.29 Å². The van der Waals surface area contributed by atoms with Crippen molar-refractivity contribution in [2.75, 3.05) is 45.3 Å². The van der Waals surface area contributed by atoms with Crippen molar-refractivity contribution in [3.05, 3.63) is 94.1 Å². The molecule has 0 unspecified atom stereocenters. The highest BCUT2D eigenvalue weighted by molar-refractivity contribution is 7.89. The Labute approximate surface area is 272 Å². The van der Waals surface area contributed by atoms with Crippen molar-refractivity contribution in [3.8, 4) is 5.75 Å². The van der Waals surface area contributed by atoms with E-state index in [9.17, 15) is 18.0 Å². The van der Waals surface area contributed by atoms with Crippen molar-refractivity contribution in [1.29, 1.82) is 0 Å². The summed E-state index contributed by atoms with van der Waals surface area (Å²) in [6.07, 6.45) is 4.19. The SMILES string of the molecule is COc1ccc(S(=O)(=O)N2CCOCC2)cc1NC(=O)COC(=O)c1c2c(nc3ccccc13)C(=Cc1ccccc1Cl)CCC2. The molecule has 6 rings (SSSR count). The Balaban J connectivity index is 1.25. The Kier molecular flexibility index (Phi) is 9.37. The van der Waals surface area contributed by atoms with E-state index in [1.165, 1.54) is 29.6 Å². The zero-order valence-electron chi connectivity index (χ0n) is 25.1. The maximum atomic E-state index is 13.7. The molecule has 1 fully saturated rings. The number of methoxy groups -OCH3 is 1. The number of ether oxygens (including phenoxy) is 3. The first-order valence-electron chi connectivity index (χ1n) is 14.9. The van der Waals surface area contributed by atoms with Gasteiger partial charge < -0.3 is 19.5 Å². The van der Waals surface area contributed by atoms with Crippen LogP contribution in [0.15, 0.2) is 71.6 Å². The number of allylic oxidation sites excluding steroid dienone is 1. The quantitative estimate of drug-likeness (QED) is 0.243. The van der Waals surface area contributed by atoms with Gasteiger partial charge in [0, 0.05) is 23.5 Å². The van der Waals surface area contributed by atoms with Gasteiger partial charge in [-0.25, -0.2) is 18.2 Å². The van der Waals surface area contributed by atoms with Gasteiger partial charge in [0.05, 0.1) is 47.7 Å². The molecule has 4 aromatic rings. The van der Waals surface area contributed by atoms with E-state index in [4.69, 9.17) is 30.8 Å². The van der Waals surface area contributed by atoms with Gasteiger partial charge in [-0.3, -0.25) is 4.79 Å². The lowest BCUT2D eigenvalue weighted by Gasteiger charge is -2.26. The topological polar surface area (TPSA) is 124 Å². The van der Waals surface area contributed by atoms with Crippen LogP contribution < -0.4 is 10.1 Å². The van der Waals surface area contributed by atoms with Gasteiger partial charge in [0.25, 0.3) is 5.91 Å². The lowest BCUT2D eigenvalue weighted by molar-refractivity contribution is -0.119. The molecular formula is C34H32ClN3O7S. The van der Waals surface area contributed by atoms with Gasteiger partial charge in [0.2, 0.25) is 10.0 Å². The third-order valence-electron chi connectivity index (χ3n) is 8.00. The minimum atomic E-state index is -3.82. The first-order valence-corrected chi connectivity index (χ1v) is 16.7. The van der Waals surface area contributed by atoms with E-state index in [1.54, 1.807) is 0 Å². The highest BCUT2D eigenvalue weighted by Gasteiger charge is 2.29. The maximum absolute atomic E-state index is 13.7. The number of morpholine rings is 1. The predicted octanol–water partition coefficient (Wildman–Crippen LogP) is 5.59. The predicted molar refractivity (Wildman–Crippen MR) is 175 cm³/mol. The number of aromatic nitrogens is 1. The van der Waals surface area contributed by atoms with E-state index in [2.05, 4.69) is 5.32 Å². The molecule has 1 N–H and O–H groups in total. The summed E-state index contributed by atoms with van der Waals surface area (Å²) in [5.74, 6) is -1.05. The molecule has 1 aliphatic heterocycles. The first-order chi connectivity index (χ1) is 22.3. The molecule has 0 saturated carbocycles. The minimum Gasteiger partial charge on any atom is -0.495 e. The fourth-order valence-corrected chi connectivity index (χ4v) is 7.38. The fourth-order valence-electron chi connectivity index (χ4n) is 5.76. The number of amides is 1. The van der Waals surface area contributed by atoms with Crippen LogP contribution in [0.1, 0.15) is 40.0 Å². The number of carbonyl (C=O) groups is 2. The summed E-state index contributed by atoms with van der Waals surface area (Å²) in [5.41, 5.74) is 4.44. The van der Waals surface area contributed by atoms with Crippen LogP contribution >= 0.6 is 11.6 Å². The third-order valence-corrected chi connectivity index (χ3v) is 10.2. The Morgan fingerprint density at radius 2 is 1.80 bits per heavy atom. The molecule has 1 saturated heterocycles. The Morgan fingerprint density at radius 1 is 1.04 bits per heavy atom. The number of carbonyl (C=O) groups excluding carboxylic acids is 2. The number of para-hydroxylation sites is 1. The summed E-state index contributed by atoms with van der Waals surface area (Å²) < 4.78 is 43.9. The van der Waals surface area contributed by atoms with Crippen LogP contribution in [0.5, 0.6) is 5.75 Å². The van der Waals surface area contributed by atoms with Crippen molar-refractivity contribution >= 4 is 61.7 Å². The minimum absolute atomic E-state index is 0.00183. The maximum Gasteiger partial charge on any atom is 0.339 e. The number of nitrogens with one attached hydrogen (secondary N) is 1. The summed E-state index contributed by atoms with van der Waals surface area (Å²) in [5, 5.41) is 3.89. The lowest BCUT2D eigenvalue weighted by atomic mass is 9.86. The van der Waals surface area contributed by atoms with Crippen LogP contribution in [0.25, 0.3) is 22.6 Å². The normalized spacial score (nSPS) is 16.2. The van der Waals surface area contributed by atoms with Crippen LogP contribution in [-0.2, 0) is 30.7 Å². The molecule has 46 heavy (non-hydrogen) atoms. The number of halogens is 1. The first kappa shape index (κ1) is 31.7. The van der Waals surface area contributed by atoms with Crippen LogP contribution in [-0.4, -0.2) is 69.6 Å². The van der Waals surface area contributed by atoms with Gasteiger partial charge in [0.15, 0.2) is 6.61 Å². The van der Waals surface area contributed by atoms with E-state index in [-0.39, 0.29) is 29.4 Å². The van der Waals surface area contributed by atoms with Crippen molar-refractivity contribution in [3.63, 3.8) is 0 Å². The summed E-state index contributed by atoms with van der Waals surface area (Å²) >= 11 is 6.44. The number of nitrogens with zero attached hydrogens (tertiary/aromatic N) is 2. The van der Waals surface area contributed by atoms with Gasteiger partial charge in [-0.1, -0.05) is 48.0 Å². The molecule has 238 valence electrons. The molecule has 12 heteroatoms. The molecule has 0 bridgehead atoms. The lowest BCUT2D eigenvalue weighted by Crippen LogP contribution is -2.40. The molecule has 0 spiro atoms. The number of hydrogen-bond donors (Lipinski definition) is 1. The van der Waals surface area contributed by atoms with Crippen molar-refractivity contribution < 1.29 is 32.2 Å². The van der Waals surface area contributed by atoms with Crippen molar-refractivity contribution in [2.45, 2.75) is 24.2 Å². The Bertz CT molecular complexity index is 1960. The second-order valence-corrected chi connectivity index (χ2v) is 13.2. The number of sulfonamides is 1. The zero-order chi connectivity index (χ0) is 32.3. The highest BCUT2D eigenvalue weighted by atomic mass is 35.5. The number of esters is 1. The zero-order valence-corrected chi connectivity index (χ0v) is 26.7. The molecule has 2 heterocycles. The Morgan fingerprint density at radius 3 is 2.59 bits per heavy atom. The largest absolute Gasteiger partial charge is 0.495 e. The number of rotatable bonds is 8. The summed E-state index contributed by atoms with van der Waals surface area (Å²) in [6, 6.07) is 19.1. The van der Waals surface area contributed by atoms with Gasteiger partial charge in [-0.15, -0.1) is 0 Å². The van der Waals surface area contributed by atoms with E-state index >= 15 is 0 Å². The molecule has 1 aliphatic carbocycles. The third kappa shape index (κ3) is 6.50. The molecule has 0 atom stereocenters. The Hall–Kier alpha value is -4.29. The fraction of sp³-hybridized carbons (Fsp3) is 0.265. The average molecular weight is 662 g/mol. The number of hydrogen-bond acceptors (Lipinski definition) is 8. The van der Waals surface area contributed by atoms with E-state index in [0.717, 1.165) is 29.5 Å². The van der Waals surface area contributed by atoms with Crippen LogP contribution in [0, 0.1) is 0 Å². The number of pyridine rings is 1.